The molecule has 0 aliphatic carbocycles. The van der Waals surface area contributed by atoms with E-state index in [1.165, 1.54) is 0 Å². The zero-order valence-electron chi connectivity index (χ0n) is 4.23. The van der Waals surface area contributed by atoms with E-state index in [2.05, 4.69) is 0 Å². The third-order valence-electron chi connectivity index (χ3n) is 0.365. The van der Waals surface area contributed by atoms with Gasteiger partial charge in [0.25, 0.3) is 0 Å². The summed E-state index contributed by atoms with van der Waals surface area (Å²) in [5.74, 6) is 0.440. The fourth-order valence-electron chi connectivity index (χ4n) is 0. The molecule has 0 aliphatic heterocycles. The molecule has 0 atom stereocenters. The first-order valence-corrected chi connectivity index (χ1v) is 1.88. The van der Waals surface area contributed by atoms with Crippen LogP contribution in [0, 0.1) is 47.7 Å². The first kappa shape index (κ1) is 10.3. The van der Waals surface area contributed by atoms with Crippen LogP contribution < -0.4 is 0 Å². The minimum absolute atomic E-state index is 0. The van der Waals surface area contributed by atoms with Crippen LogP contribution in [-0.2, 0) is 0 Å². The predicted octanol–water partition coefficient (Wildman–Crippen LogP) is 0.635. The Labute approximate surface area is 72.5 Å². The van der Waals surface area contributed by atoms with Crippen LogP contribution in [0.2, 0.25) is 0 Å². The average Bonchev–Trinajstić information content (AvgIpc) is 1.38. The molecule has 0 aromatic rings. The zero-order valence-corrected chi connectivity index (χ0v) is 7.37. The van der Waals surface area contributed by atoms with E-state index < -0.39 is 0 Å². The fraction of sp³-hybridized carbons (Fsp3) is 1.00. The smallest absolute Gasteiger partial charge is 0.0453 e. The summed E-state index contributed by atoms with van der Waals surface area (Å²) in [4.78, 5) is 0. The third kappa shape index (κ3) is 9.01. The molecular weight excluding hydrogens is 204 g/mol. The normalized spacial score (nSPS) is 8.00. The summed E-state index contributed by atoms with van der Waals surface area (Å²) in [6.07, 6.45) is 0. The molecule has 0 heterocycles. The second-order valence-electron chi connectivity index (χ2n) is 1.58. The Morgan fingerprint density at radius 1 is 1.50 bits per heavy atom. The Balaban J connectivity index is 0. The van der Waals surface area contributed by atoms with Crippen molar-refractivity contribution in [3.05, 3.63) is 0 Å². The Morgan fingerprint density at radius 2 is 1.67 bits per heavy atom. The molecule has 1 N–H and O–H groups in total. The van der Waals surface area contributed by atoms with E-state index >= 15 is 0 Å². The molecule has 2 heteroatoms. The van der Waals surface area contributed by atoms with Crippen LogP contribution in [0.5, 0.6) is 0 Å². The minimum Gasteiger partial charge on any atom is -0.396 e. The fourth-order valence-corrected chi connectivity index (χ4v) is 0. The van der Waals surface area contributed by atoms with Crippen molar-refractivity contribution in [2.45, 2.75) is 13.8 Å². The quantitative estimate of drug-likeness (QED) is 0.679. The number of hydrogen-bond donors (Lipinski definition) is 1. The summed E-state index contributed by atoms with van der Waals surface area (Å²) >= 11 is 0. The van der Waals surface area contributed by atoms with Gasteiger partial charge < -0.3 is 5.11 Å². The molecule has 0 aliphatic rings. The van der Waals surface area contributed by atoms with Crippen LogP contribution in [-0.4, -0.2) is 11.7 Å². The van der Waals surface area contributed by atoms with E-state index in [4.69, 9.17) is 5.11 Å². The van der Waals surface area contributed by atoms with Crippen molar-refractivity contribution in [1.29, 1.82) is 0 Å². The van der Waals surface area contributed by atoms with E-state index in [1.54, 1.807) is 0 Å². The second kappa shape index (κ2) is 6.34. The van der Waals surface area contributed by atoms with Crippen molar-refractivity contribution < 1.29 is 46.9 Å². The van der Waals surface area contributed by atoms with Crippen LogP contribution in [0.4, 0.5) is 0 Å². The van der Waals surface area contributed by atoms with Gasteiger partial charge in [0.05, 0.1) is 0 Å². The molecule has 0 bridgehead atoms. The van der Waals surface area contributed by atoms with Crippen molar-refractivity contribution in [2.24, 2.45) is 5.92 Å². The maximum Gasteiger partial charge on any atom is 0.0453 e. The Kier molecular flexibility index (Phi) is 10.9. The summed E-state index contributed by atoms with van der Waals surface area (Å²) in [7, 11) is 0. The summed E-state index contributed by atoms with van der Waals surface area (Å²) in [5.41, 5.74) is 0. The number of aliphatic hydroxyl groups is 1. The molecule has 0 spiro atoms. The third-order valence-corrected chi connectivity index (χ3v) is 0.365. The molecule has 6 heavy (non-hydrogen) atoms. The minimum atomic E-state index is 0. The van der Waals surface area contributed by atoms with Crippen molar-refractivity contribution in [1.82, 2.24) is 0 Å². The van der Waals surface area contributed by atoms with E-state index in [-0.39, 0.29) is 41.7 Å². The monoisotopic (exact) mass is 214 g/mol. The molecule has 0 radical (unpaired) electrons. The van der Waals surface area contributed by atoms with Crippen LogP contribution in [0.15, 0.2) is 0 Å². The largest absolute Gasteiger partial charge is 0.396 e. The molecule has 0 unspecified atom stereocenters. The topological polar surface area (TPSA) is 20.2 Å². The number of hydrogen-bond acceptors (Lipinski definition) is 1. The number of aliphatic hydroxyl groups excluding tert-OH is 1. The van der Waals surface area contributed by atoms with Gasteiger partial charge in [0.2, 0.25) is 0 Å². The molecule has 0 saturated carbocycles. The second-order valence-corrected chi connectivity index (χ2v) is 1.58. The van der Waals surface area contributed by atoms with Gasteiger partial charge >= 0.3 is 0 Å². The maximum atomic E-state index is 8.14. The van der Waals surface area contributed by atoms with E-state index in [0.717, 1.165) is 0 Å². The van der Waals surface area contributed by atoms with Gasteiger partial charge in [-0.05, 0) is 5.92 Å². The Bertz CT molecular complexity index is 21.5. The average molecular weight is 214 g/mol. The van der Waals surface area contributed by atoms with Gasteiger partial charge in [-0.25, -0.2) is 0 Å². The van der Waals surface area contributed by atoms with Gasteiger partial charge in [0.1, 0.15) is 0 Å². The van der Waals surface area contributed by atoms with Crippen molar-refractivity contribution >= 4 is 0 Å². The molecule has 36 valence electrons. The standard InChI is InChI=1S/C4H10O.Ce/c1-4(2)3-5;/h4-5H,3H2,1-2H3;. The Hall–Kier alpha value is 1.34. The first-order chi connectivity index (χ1) is 2.27. The summed E-state index contributed by atoms with van der Waals surface area (Å²) in [6, 6.07) is 0. The molecule has 0 saturated heterocycles. The zero-order chi connectivity index (χ0) is 4.28. The SMILES string of the molecule is CC(C)CO.[Ce]. The van der Waals surface area contributed by atoms with E-state index in [0.29, 0.717) is 12.5 Å². The van der Waals surface area contributed by atoms with Crippen LogP contribution in [0.3, 0.4) is 0 Å². The first-order valence-electron chi connectivity index (χ1n) is 1.88. The van der Waals surface area contributed by atoms with E-state index in [1.807, 2.05) is 13.8 Å². The summed E-state index contributed by atoms with van der Waals surface area (Å²) < 4.78 is 0. The van der Waals surface area contributed by atoms with Crippen molar-refractivity contribution in [3.8, 4) is 0 Å². The van der Waals surface area contributed by atoms with Gasteiger partial charge in [-0.3, -0.25) is 0 Å². The molecule has 0 amide bonds. The Morgan fingerprint density at radius 3 is 1.67 bits per heavy atom. The van der Waals surface area contributed by atoms with Gasteiger partial charge in [0, 0.05) is 48.4 Å². The van der Waals surface area contributed by atoms with Gasteiger partial charge in [-0.15, -0.1) is 0 Å². The van der Waals surface area contributed by atoms with E-state index in [9.17, 15) is 0 Å². The molecule has 1 nitrogen and oxygen atoms in total. The summed E-state index contributed by atoms with van der Waals surface area (Å²) in [6.45, 7) is 4.25. The molecule has 0 aromatic carbocycles. The van der Waals surface area contributed by atoms with Gasteiger partial charge in [-0.1, -0.05) is 13.8 Å². The maximum absolute atomic E-state index is 8.14. The van der Waals surface area contributed by atoms with Crippen LogP contribution in [0.25, 0.3) is 0 Å². The summed E-state index contributed by atoms with van der Waals surface area (Å²) in [5, 5.41) is 8.14. The molecule has 0 aromatic heterocycles. The number of rotatable bonds is 1. The predicted molar refractivity (Wildman–Crippen MR) is 21.9 cm³/mol. The van der Waals surface area contributed by atoms with Crippen molar-refractivity contribution in [3.63, 3.8) is 0 Å². The van der Waals surface area contributed by atoms with Gasteiger partial charge in [-0.2, -0.15) is 0 Å². The molecule has 0 rings (SSSR count). The van der Waals surface area contributed by atoms with Crippen LogP contribution >= 0.6 is 0 Å². The molecular formula is C4H10CeO. The van der Waals surface area contributed by atoms with Crippen LogP contribution in [0.1, 0.15) is 13.8 Å². The van der Waals surface area contributed by atoms with Crippen molar-refractivity contribution in [2.75, 3.05) is 6.61 Å². The van der Waals surface area contributed by atoms with Gasteiger partial charge in [0.15, 0.2) is 0 Å². The molecule has 0 fully saturated rings.